The van der Waals surface area contributed by atoms with Crippen molar-refractivity contribution < 1.29 is 41.4 Å². The Bertz CT molecular complexity index is 925. The monoisotopic (exact) mass is 478 g/mol. The van der Waals surface area contributed by atoms with Crippen LogP contribution < -0.4 is 19.9 Å². The number of carbonyl (C=O) groups is 1. The molecular formula is C20H26F3N2O6P. The average molecular weight is 478 g/mol. The molecule has 178 valence electrons. The first-order valence-electron chi connectivity index (χ1n) is 9.33. The molecule has 0 aliphatic carbocycles. The third-order valence-electron chi connectivity index (χ3n) is 3.58. The van der Waals surface area contributed by atoms with Crippen LogP contribution in [0.3, 0.4) is 0 Å². The van der Waals surface area contributed by atoms with Crippen LogP contribution in [-0.2, 0) is 20.3 Å². The highest BCUT2D eigenvalue weighted by molar-refractivity contribution is 7.52. The Hall–Kier alpha value is -2.75. The number of nitrogen functional groups attached to an aromatic ring is 1. The number of esters is 1. The van der Waals surface area contributed by atoms with Crippen LogP contribution in [0.2, 0.25) is 0 Å². The molecule has 12 heteroatoms. The van der Waals surface area contributed by atoms with Gasteiger partial charge in [0.05, 0.1) is 17.4 Å². The van der Waals surface area contributed by atoms with Crippen molar-refractivity contribution in [3.05, 3.63) is 54.1 Å². The van der Waals surface area contributed by atoms with E-state index in [9.17, 15) is 22.5 Å². The second kappa shape index (κ2) is 11.8. The zero-order chi connectivity index (χ0) is 24.5. The smallest absolute Gasteiger partial charge is 0.462 e. The third kappa shape index (κ3) is 8.41. The van der Waals surface area contributed by atoms with Gasteiger partial charge in [0.2, 0.25) is 0 Å². The third-order valence-corrected chi connectivity index (χ3v) is 5.17. The lowest BCUT2D eigenvalue weighted by Crippen LogP contribution is -2.36. The number of nitrogens with two attached hydrogens (primary N) is 1. The molecule has 0 spiro atoms. The molecule has 0 saturated heterocycles. The summed E-state index contributed by atoms with van der Waals surface area (Å²) in [5.41, 5.74) is 4.26. The van der Waals surface area contributed by atoms with Crippen LogP contribution in [0.15, 0.2) is 48.5 Å². The first-order valence-corrected chi connectivity index (χ1v) is 10.9. The van der Waals surface area contributed by atoms with Crippen molar-refractivity contribution in [3.63, 3.8) is 0 Å². The van der Waals surface area contributed by atoms with Gasteiger partial charge in [0.15, 0.2) is 5.75 Å². The highest BCUT2D eigenvalue weighted by Gasteiger charge is 2.36. The van der Waals surface area contributed by atoms with E-state index in [0.29, 0.717) is 6.07 Å². The average Bonchev–Trinajstić information content (AvgIpc) is 2.70. The van der Waals surface area contributed by atoms with Crippen molar-refractivity contribution in [2.75, 3.05) is 12.8 Å². The second-order valence-electron chi connectivity index (χ2n) is 6.58. The first-order chi connectivity index (χ1) is 14.9. The molecule has 0 fully saturated rings. The summed E-state index contributed by atoms with van der Waals surface area (Å²) in [5.74, 6) is -0.881. The molecule has 0 radical (unpaired) electrons. The molecule has 0 aromatic heterocycles. The number of nitrogens with one attached hydrogen (secondary N) is 1. The molecule has 8 nitrogen and oxygen atoms in total. The number of rotatable bonds is 8. The van der Waals surface area contributed by atoms with Gasteiger partial charge in [0.1, 0.15) is 11.8 Å². The van der Waals surface area contributed by atoms with Crippen molar-refractivity contribution in [3.8, 4) is 11.5 Å². The van der Waals surface area contributed by atoms with Gasteiger partial charge >= 0.3 is 19.9 Å². The maximum Gasteiger partial charge on any atom is 0.513 e. The van der Waals surface area contributed by atoms with Gasteiger partial charge in [-0.25, -0.2) is 4.57 Å². The largest absolute Gasteiger partial charge is 0.513 e. The Morgan fingerprint density at radius 2 is 1.66 bits per heavy atom. The van der Waals surface area contributed by atoms with E-state index in [2.05, 4.69) is 5.09 Å². The van der Waals surface area contributed by atoms with E-state index in [4.69, 9.17) is 24.6 Å². The highest BCUT2D eigenvalue weighted by atomic mass is 31.2. The van der Waals surface area contributed by atoms with Crippen LogP contribution in [0.25, 0.3) is 0 Å². The summed E-state index contributed by atoms with van der Waals surface area (Å²) in [5, 5.41) is 9.43. The molecular weight excluding hydrogens is 452 g/mol. The van der Waals surface area contributed by atoms with Crippen LogP contribution >= 0.6 is 7.75 Å². The van der Waals surface area contributed by atoms with Crippen LogP contribution in [0, 0.1) is 0 Å². The van der Waals surface area contributed by atoms with Gasteiger partial charge in [-0.1, -0.05) is 18.2 Å². The van der Waals surface area contributed by atoms with Crippen molar-refractivity contribution in [1.29, 1.82) is 0 Å². The number of hydrogen-bond donors (Lipinski definition) is 3. The Morgan fingerprint density at radius 3 is 2.16 bits per heavy atom. The zero-order valence-corrected chi connectivity index (χ0v) is 18.8. The summed E-state index contributed by atoms with van der Waals surface area (Å²) in [6.07, 6.45) is -5.02. The number of halogens is 3. The molecule has 2 aromatic carbocycles. The lowest BCUT2D eigenvalue weighted by Gasteiger charge is -2.24. The van der Waals surface area contributed by atoms with Crippen LogP contribution in [0.4, 0.5) is 18.9 Å². The molecule has 2 aromatic rings. The minimum atomic E-state index is -4.61. The van der Waals surface area contributed by atoms with E-state index in [0.717, 1.165) is 19.2 Å². The number of aliphatic hydroxyl groups excluding tert-OH is 1. The predicted octanol–water partition coefficient (Wildman–Crippen LogP) is 4.39. The molecule has 32 heavy (non-hydrogen) atoms. The summed E-state index contributed by atoms with van der Waals surface area (Å²) in [4.78, 5) is 12.1. The minimum Gasteiger partial charge on any atom is -0.462 e. The fourth-order valence-electron chi connectivity index (χ4n) is 2.25. The lowest BCUT2D eigenvalue weighted by atomic mass is 10.2. The van der Waals surface area contributed by atoms with Crippen LogP contribution in [0.5, 0.6) is 11.5 Å². The van der Waals surface area contributed by atoms with Gasteiger partial charge in [-0.05, 0) is 51.1 Å². The first kappa shape index (κ1) is 27.3. The van der Waals surface area contributed by atoms with Gasteiger partial charge < -0.3 is 24.6 Å². The van der Waals surface area contributed by atoms with Gasteiger partial charge in [-0.3, -0.25) is 4.79 Å². The summed E-state index contributed by atoms with van der Waals surface area (Å²) >= 11 is 0. The molecule has 0 bridgehead atoms. The fourth-order valence-corrected chi connectivity index (χ4v) is 3.80. The highest BCUT2D eigenvalue weighted by Crippen LogP contribution is 2.47. The summed E-state index contributed by atoms with van der Waals surface area (Å²) in [7, 11) is -3.31. The Morgan fingerprint density at radius 1 is 1.06 bits per heavy atom. The number of benzene rings is 2. The van der Waals surface area contributed by atoms with Crippen molar-refractivity contribution >= 4 is 19.4 Å². The van der Waals surface area contributed by atoms with E-state index in [1.807, 2.05) is 0 Å². The number of ether oxygens (including phenoxy) is 1. The molecule has 0 saturated carbocycles. The predicted molar refractivity (Wildman–Crippen MR) is 113 cm³/mol. The minimum absolute atomic E-state index is 0.142. The van der Waals surface area contributed by atoms with Crippen molar-refractivity contribution in [1.82, 2.24) is 5.09 Å². The maximum absolute atomic E-state index is 13.3. The Labute approximate surface area is 184 Å². The maximum atomic E-state index is 13.3. The molecule has 0 amide bonds. The molecule has 1 unspecified atom stereocenters. The van der Waals surface area contributed by atoms with Gasteiger partial charge in [-0.15, -0.1) is 0 Å². The molecule has 2 rings (SSSR count). The number of carbonyl (C=O) groups excluding carboxylic acids is 1. The van der Waals surface area contributed by atoms with Gasteiger partial charge in [0.25, 0.3) is 0 Å². The molecule has 2 atom stereocenters. The SMILES string of the molecule is CC(C)OC(=O)[C@H](C)NP(=O)(Oc1ccccc1)Oc1ccc(C(F)(F)F)cc1N.CO. The number of para-hydroxylation sites is 1. The van der Waals surface area contributed by atoms with E-state index in [1.165, 1.54) is 19.1 Å². The Balaban J connectivity index is 0.00000249. The number of alkyl halides is 3. The van der Waals surface area contributed by atoms with Gasteiger partial charge in [-0.2, -0.15) is 18.3 Å². The number of anilines is 1. The van der Waals surface area contributed by atoms with Gasteiger partial charge in [0, 0.05) is 7.11 Å². The van der Waals surface area contributed by atoms with E-state index in [1.54, 1.807) is 32.0 Å². The van der Waals surface area contributed by atoms with Crippen molar-refractivity contribution in [2.24, 2.45) is 0 Å². The van der Waals surface area contributed by atoms with E-state index < -0.39 is 43.3 Å². The molecule has 0 aliphatic rings. The molecule has 0 aliphatic heterocycles. The normalized spacial score (nSPS) is 13.9. The molecule has 0 heterocycles. The number of hydrogen-bond acceptors (Lipinski definition) is 7. The quantitative estimate of drug-likeness (QED) is 0.290. The van der Waals surface area contributed by atoms with E-state index in [-0.39, 0.29) is 11.5 Å². The summed E-state index contributed by atoms with van der Waals surface area (Å²) < 4.78 is 67.7. The van der Waals surface area contributed by atoms with Crippen molar-refractivity contribution in [2.45, 2.75) is 39.1 Å². The summed E-state index contributed by atoms with van der Waals surface area (Å²) in [6.45, 7) is 4.67. The standard InChI is InChI=1S/C19H22F3N2O5P.CH4O/c1-12(2)27-18(25)13(3)24-30(26,28-15-7-5-4-6-8-15)29-17-10-9-14(11-16(17)23)19(20,21)22;1-2/h4-13H,23H2,1-3H3,(H,24,26);2H,1H3/t13-,30?;/m0./s1. The second-order valence-corrected chi connectivity index (χ2v) is 8.20. The molecule has 4 N–H and O–H groups in total. The van der Waals surface area contributed by atoms with Crippen LogP contribution in [0.1, 0.15) is 26.3 Å². The summed E-state index contributed by atoms with van der Waals surface area (Å²) in [6, 6.07) is 9.10. The number of aliphatic hydroxyl groups is 1. The lowest BCUT2D eigenvalue weighted by molar-refractivity contribution is -0.149. The van der Waals surface area contributed by atoms with E-state index >= 15 is 0 Å². The zero-order valence-electron chi connectivity index (χ0n) is 17.9. The Kier molecular flexibility index (Phi) is 10.0. The topological polar surface area (TPSA) is 120 Å². The fraction of sp³-hybridized carbons (Fsp3) is 0.350. The van der Waals surface area contributed by atoms with Crippen LogP contribution in [-0.4, -0.2) is 30.3 Å².